The molecule has 0 saturated carbocycles. The van der Waals surface area contributed by atoms with Crippen molar-refractivity contribution in [2.75, 3.05) is 13.2 Å². The van der Waals surface area contributed by atoms with Crippen LogP contribution in [0.4, 0.5) is 0 Å². The minimum absolute atomic E-state index is 0.101. The highest BCUT2D eigenvalue weighted by Crippen LogP contribution is 2.27. The van der Waals surface area contributed by atoms with Crippen molar-refractivity contribution in [2.24, 2.45) is 5.92 Å². The number of aliphatic hydroxyl groups excluding tert-OH is 1. The van der Waals surface area contributed by atoms with Crippen LogP contribution in [0.15, 0.2) is 30.3 Å². The van der Waals surface area contributed by atoms with E-state index in [1.165, 1.54) is 0 Å². The smallest absolute Gasteiger partial charge is 0.223 e. The number of nitrogens with zero attached hydrogens (tertiary/aromatic N) is 1. The van der Waals surface area contributed by atoms with Crippen LogP contribution in [0, 0.1) is 5.92 Å². The predicted octanol–water partition coefficient (Wildman–Crippen LogP) is 1.59. The standard InChI is InChI=1S/C13H17NO2/c1-10(12-5-3-2-4-6-12)14-8-11(9-15)7-13(14)16/h2-6,10-11,15H,7-9H2,1H3/t10?,11-/m1/s1. The van der Waals surface area contributed by atoms with Gasteiger partial charge in [-0.1, -0.05) is 30.3 Å². The zero-order valence-electron chi connectivity index (χ0n) is 9.47. The lowest BCUT2D eigenvalue weighted by atomic mass is 10.1. The minimum Gasteiger partial charge on any atom is -0.396 e. The van der Waals surface area contributed by atoms with E-state index in [1.54, 1.807) is 0 Å². The molecule has 0 aromatic heterocycles. The Hall–Kier alpha value is -1.35. The number of rotatable bonds is 3. The lowest BCUT2D eigenvalue weighted by molar-refractivity contribution is -0.129. The summed E-state index contributed by atoms with van der Waals surface area (Å²) < 4.78 is 0. The summed E-state index contributed by atoms with van der Waals surface area (Å²) in [6.07, 6.45) is 0.480. The molecule has 1 heterocycles. The van der Waals surface area contributed by atoms with Gasteiger partial charge in [-0.25, -0.2) is 0 Å². The monoisotopic (exact) mass is 219 g/mol. The van der Waals surface area contributed by atoms with E-state index in [-0.39, 0.29) is 24.5 Å². The molecule has 3 heteroatoms. The van der Waals surface area contributed by atoms with Gasteiger partial charge in [0.2, 0.25) is 5.91 Å². The molecular formula is C13H17NO2. The molecule has 1 fully saturated rings. The zero-order chi connectivity index (χ0) is 11.5. The van der Waals surface area contributed by atoms with Gasteiger partial charge >= 0.3 is 0 Å². The van der Waals surface area contributed by atoms with Crippen molar-refractivity contribution in [2.45, 2.75) is 19.4 Å². The highest BCUT2D eigenvalue weighted by molar-refractivity contribution is 5.79. The highest BCUT2D eigenvalue weighted by Gasteiger charge is 2.32. The fourth-order valence-electron chi connectivity index (χ4n) is 2.22. The first kappa shape index (κ1) is 11.1. The largest absolute Gasteiger partial charge is 0.396 e. The van der Waals surface area contributed by atoms with E-state index in [0.29, 0.717) is 13.0 Å². The lowest BCUT2D eigenvalue weighted by Crippen LogP contribution is -2.28. The van der Waals surface area contributed by atoms with Gasteiger partial charge in [0.25, 0.3) is 0 Å². The quantitative estimate of drug-likeness (QED) is 0.838. The first-order valence-corrected chi connectivity index (χ1v) is 5.67. The Morgan fingerprint density at radius 1 is 1.44 bits per heavy atom. The topological polar surface area (TPSA) is 40.5 Å². The Kier molecular flexibility index (Phi) is 3.25. The summed E-state index contributed by atoms with van der Waals surface area (Å²) in [4.78, 5) is 13.6. The predicted molar refractivity (Wildman–Crippen MR) is 61.8 cm³/mol. The first-order chi connectivity index (χ1) is 7.72. The summed E-state index contributed by atoms with van der Waals surface area (Å²) in [7, 11) is 0. The van der Waals surface area contributed by atoms with Crippen LogP contribution in [0.5, 0.6) is 0 Å². The van der Waals surface area contributed by atoms with Crippen LogP contribution in [0.1, 0.15) is 24.9 Å². The fraction of sp³-hybridized carbons (Fsp3) is 0.462. The van der Waals surface area contributed by atoms with Gasteiger partial charge in [0.1, 0.15) is 0 Å². The van der Waals surface area contributed by atoms with Crippen LogP contribution >= 0.6 is 0 Å². The second-order valence-electron chi connectivity index (χ2n) is 4.39. The Bertz CT molecular complexity index is 363. The van der Waals surface area contributed by atoms with Crippen LogP contribution in [0.25, 0.3) is 0 Å². The number of carbonyl (C=O) groups is 1. The van der Waals surface area contributed by atoms with E-state index in [0.717, 1.165) is 5.56 Å². The third kappa shape index (κ3) is 2.09. The van der Waals surface area contributed by atoms with Crippen molar-refractivity contribution in [3.8, 4) is 0 Å². The van der Waals surface area contributed by atoms with Crippen molar-refractivity contribution < 1.29 is 9.90 Å². The van der Waals surface area contributed by atoms with Crippen molar-refractivity contribution in [3.63, 3.8) is 0 Å². The van der Waals surface area contributed by atoms with Gasteiger partial charge in [-0.2, -0.15) is 0 Å². The molecule has 16 heavy (non-hydrogen) atoms. The third-order valence-corrected chi connectivity index (χ3v) is 3.25. The van der Waals surface area contributed by atoms with Crippen molar-refractivity contribution in [1.82, 2.24) is 4.90 Å². The van der Waals surface area contributed by atoms with Crippen molar-refractivity contribution in [1.29, 1.82) is 0 Å². The Labute approximate surface area is 95.7 Å². The Morgan fingerprint density at radius 3 is 2.69 bits per heavy atom. The summed E-state index contributed by atoms with van der Waals surface area (Å²) in [6, 6.07) is 10.1. The molecule has 1 aromatic carbocycles. The normalized spacial score (nSPS) is 22.5. The summed E-state index contributed by atoms with van der Waals surface area (Å²) in [5.74, 6) is 0.258. The molecule has 1 amide bonds. The van der Waals surface area contributed by atoms with Gasteiger partial charge in [0, 0.05) is 25.5 Å². The van der Waals surface area contributed by atoms with E-state index in [4.69, 9.17) is 5.11 Å². The SMILES string of the molecule is CC(c1ccccc1)N1C[C@H](CO)CC1=O. The molecule has 0 bridgehead atoms. The molecule has 1 unspecified atom stereocenters. The average Bonchev–Trinajstić information content (AvgIpc) is 2.71. The van der Waals surface area contributed by atoms with Crippen LogP contribution in [-0.2, 0) is 4.79 Å². The summed E-state index contributed by atoms with van der Waals surface area (Å²) in [6.45, 7) is 2.81. The number of hydrogen-bond donors (Lipinski definition) is 1. The van der Waals surface area contributed by atoms with E-state index >= 15 is 0 Å². The molecule has 2 atom stereocenters. The molecule has 1 aliphatic rings. The highest BCUT2D eigenvalue weighted by atomic mass is 16.3. The molecule has 0 spiro atoms. The van der Waals surface area contributed by atoms with Crippen LogP contribution < -0.4 is 0 Å². The molecule has 1 saturated heterocycles. The molecule has 3 nitrogen and oxygen atoms in total. The van der Waals surface area contributed by atoms with Crippen LogP contribution in [-0.4, -0.2) is 29.1 Å². The maximum Gasteiger partial charge on any atom is 0.223 e. The van der Waals surface area contributed by atoms with Crippen LogP contribution in [0.3, 0.4) is 0 Å². The Morgan fingerprint density at radius 2 is 2.12 bits per heavy atom. The van der Waals surface area contributed by atoms with Gasteiger partial charge in [-0.05, 0) is 12.5 Å². The number of amides is 1. The number of benzene rings is 1. The summed E-state index contributed by atoms with van der Waals surface area (Å²) >= 11 is 0. The van der Waals surface area contributed by atoms with E-state index in [2.05, 4.69) is 0 Å². The van der Waals surface area contributed by atoms with Gasteiger partial charge in [-0.15, -0.1) is 0 Å². The van der Waals surface area contributed by atoms with Crippen LogP contribution in [0.2, 0.25) is 0 Å². The second-order valence-corrected chi connectivity index (χ2v) is 4.39. The number of aliphatic hydroxyl groups is 1. The van der Waals surface area contributed by atoms with E-state index in [9.17, 15) is 4.79 Å². The average molecular weight is 219 g/mol. The zero-order valence-corrected chi connectivity index (χ0v) is 9.47. The van der Waals surface area contributed by atoms with Crippen molar-refractivity contribution in [3.05, 3.63) is 35.9 Å². The van der Waals surface area contributed by atoms with Gasteiger partial charge < -0.3 is 10.0 Å². The van der Waals surface area contributed by atoms with Crippen molar-refractivity contribution >= 4 is 5.91 Å². The lowest BCUT2D eigenvalue weighted by Gasteiger charge is -2.25. The number of carbonyl (C=O) groups excluding carboxylic acids is 1. The number of likely N-dealkylation sites (tertiary alicyclic amines) is 1. The molecule has 1 N–H and O–H groups in total. The molecule has 1 aliphatic heterocycles. The molecule has 86 valence electrons. The maximum atomic E-state index is 11.8. The third-order valence-electron chi connectivity index (χ3n) is 3.25. The second kappa shape index (κ2) is 4.66. The minimum atomic E-state index is 0.101. The molecule has 2 rings (SSSR count). The molecular weight excluding hydrogens is 202 g/mol. The van der Waals surface area contributed by atoms with E-state index in [1.807, 2.05) is 42.2 Å². The van der Waals surface area contributed by atoms with Gasteiger partial charge in [0.15, 0.2) is 0 Å². The fourth-order valence-corrected chi connectivity index (χ4v) is 2.22. The summed E-state index contributed by atoms with van der Waals surface area (Å²) in [5.41, 5.74) is 1.15. The van der Waals surface area contributed by atoms with Gasteiger partial charge in [-0.3, -0.25) is 4.79 Å². The van der Waals surface area contributed by atoms with E-state index < -0.39 is 0 Å². The number of hydrogen-bond acceptors (Lipinski definition) is 2. The molecule has 0 aliphatic carbocycles. The molecule has 1 aromatic rings. The first-order valence-electron chi connectivity index (χ1n) is 5.67. The maximum absolute atomic E-state index is 11.8. The molecule has 0 radical (unpaired) electrons. The van der Waals surface area contributed by atoms with Gasteiger partial charge in [0.05, 0.1) is 6.04 Å². The Balaban J connectivity index is 2.11. The summed E-state index contributed by atoms with van der Waals surface area (Å²) in [5, 5.41) is 9.08.